The molecule has 1 atom stereocenters. The third kappa shape index (κ3) is 3.19. The van der Waals surface area contributed by atoms with Crippen molar-refractivity contribution in [1.29, 1.82) is 0 Å². The van der Waals surface area contributed by atoms with Gasteiger partial charge in [0.2, 0.25) is 5.91 Å². The Morgan fingerprint density at radius 1 is 1.23 bits per heavy atom. The van der Waals surface area contributed by atoms with Crippen LogP contribution in [0.4, 0.5) is 5.69 Å². The zero-order valence-electron chi connectivity index (χ0n) is 17.3. The van der Waals surface area contributed by atoms with Gasteiger partial charge in [0.1, 0.15) is 11.3 Å². The third-order valence-corrected chi connectivity index (χ3v) is 7.51. The lowest BCUT2D eigenvalue weighted by Crippen LogP contribution is -2.40. The summed E-state index contributed by atoms with van der Waals surface area (Å²) >= 11 is 1.65. The first kappa shape index (κ1) is 19.2. The second-order valence-electron chi connectivity index (χ2n) is 8.52. The van der Waals surface area contributed by atoms with Gasteiger partial charge in [-0.15, -0.1) is 11.3 Å². The van der Waals surface area contributed by atoms with Crippen LogP contribution in [0.1, 0.15) is 46.1 Å². The molecule has 30 heavy (non-hydrogen) atoms. The van der Waals surface area contributed by atoms with E-state index in [0.29, 0.717) is 30.1 Å². The lowest BCUT2D eigenvalue weighted by molar-refractivity contribution is -0.118. The van der Waals surface area contributed by atoms with E-state index in [1.807, 2.05) is 30.0 Å². The number of carbonyl (C=O) groups excluding carboxylic acids is 2. The van der Waals surface area contributed by atoms with Crippen LogP contribution in [0.2, 0.25) is 0 Å². The molecule has 1 unspecified atom stereocenters. The molecule has 2 aromatic heterocycles. The van der Waals surface area contributed by atoms with Crippen molar-refractivity contribution in [3.05, 3.63) is 40.2 Å². The topological polar surface area (TPSA) is 88.3 Å². The summed E-state index contributed by atoms with van der Waals surface area (Å²) in [7, 11) is 0. The van der Waals surface area contributed by atoms with Crippen LogP contribution in [0.25, 0.3) is 10.2 Å². The van der Waals surface area contributed by atoms with Crippen LogP contribution in [0, 0.1) is 32.1 Å². The molecule has 0 radical (unpaired) electrons. The van der Waals surface area contributed by atoms with Crippen LogP contribution in [-0.2, 0) is 4.79 Å². The average Bonchev–Trinajstić information content (AvgIpc) is 3.11. The van der Waals surface area contributed by atoms with E-state index >= 15 is 0 Å². The van der Waals surface area contributed by atoms with Crippen molar-refractivity contribution < 1.29 is 14.1 Å². The minimum absolute atomic E-state index is 0.0154. The van der Waals surface area contributed by atoms with Gasteiger partial charge in [0.05, 0.1) is 20.9 Å². The Bertz CT molecular complexity index is 1140. The Labute approximate surface area is 178 Å². The molecule has 2 aliphatic rings. The molecule has 1 aromatic carbocycles. The van der Waals surface area contributed by atoms with E-state index in [0.717, 1.165) is 40.2 Å². The first-order valence-corrected chi connectivity index (χ1v) is 11.1. The first-order valence-electron chi connectivity index (χ1n) is 10.3. The number of aromatic nitrogens is 2. The number of hydrogen-bond donors (Lipinski definition) is 1. The predicted octanol–water partition coefficient (Wildman–Crippen LogP) is 4.09. The van der Waals surface area contributed by atoms with E-state index < -0.39 is 0 Å². The summed E-state index contributed by atoms with van der Waals surface area (Å²) in [6, 6.07) is 5.89. The molecule has 1 aliphatic carbocycles. The fourth-order valence-electron chi connectivity index (χ4n) is 4.72. The van der Waals surface area contributed by atoms with Crippen LogP contribution in [0.5, 0.6) is 0 Å². The highest BCUT2D eigenvalue weighted by molar-refractivity contribution is 7.18. The molecule has 1 spiro atoms. The van der Waals surface area contributed by atoms with Gasteiger partial charge >= 0.3 is 0 Å². The monoisotopic (exact) mass is 424 g/mol. The number of anilines is 1. The molecule has 1 saturated heterocycles. The maximum absolute atomic E-state index is 12.9. The van der Waals surface area contributed by atoms with Crippen molar-refractivity contribution >= 4 is 39.1 Å². The number of amides is 2. The van der Waals surface area contributed by atoms with Crippen molar-refractivity contribution in [1.82, 2.24) is 15.0 Å². The second-order valence-corrected chi connectivity index (χ2v) is 9.75. The molecule has 8 heteroatoms. The van der Waals surface area contributed by atoms with Crippen LogP contribution in [0.3, 0.4) is 0 Å². The zero-order valence-corrected chi connectivity index (χ0v) is 18.1. The van der Waals surface area contributed by atoms with Gasteiger partial charge in [-0.05, 0) is 63.6 Å². The van der Waals surface area contributed by atoms with Gasteiger partial charge in [-0.2, -0.15) is 0 Å². The summed E-state index contributed by atoms with van der Waals surface area (Å²) in [4.78, 5) is 32.1. The third-order valence-electron chi connectivity index (χ3n) is 6.56. The quantitative estimate of drug-likeness (QED) is 0.684. The summed E-state index contributed by atoms with van der Waals surface area (Å²) in [6.45, 7) is 6.87. The standard InChI is InChI=1S/C22H24N4O3S/c1-12-19(13(2)29-25-12)21(28)26-8-6-22(7-9-26)11-16(22)20(27)24-15-4-5-18-17(10-15)23-14(3)30-18/h4-5,10,16H,6-9,11H2,1-3H3,(H,24,27). The van der Waals surface area contributed by atoms with E-state index in [1.165, 1.54) is 0 Å². The van der Waals surface area contributed by atoms with Crippen molar-refractivity contribution in [2.24, 2.45) is 11.3 Å². The second kappa shape index (κ2) is 6.91. The molecule has 2 fully saturated rings. The molecular formula is C22H24N4O3S. The molecule has 1 aliphatic heterocycles. The van der Waals surface area contributed by atoms with Gasteiger partial charge in [-0.25, -0.2) is 4.98 Å². The van der Waals surface area contributed by atoms with Crippen molar-refractivity contribution in [3.63, 3.8) is 0 Å². The SMILES string of the molecule is Cc1nc2cc(NC(=O)C3CC34CCN(C(=O)c3c(C)noc3C)CC4)ccc2s1. The number of fused-ring (bicyclic) bond motifs is 1. The average molecular weight is 425 g/mol. The largest absolute Gasteiger partial charge is 0.361 e. The van der Waals surface area contributed by atoms with Gasteiger partial charge in [0.15, 0.2) is 0 Å². The molecule has 2 amide bonds. The Morgan fingerprint density at radius 3 is 2.70 bits per heavy atom. The number of aryl methyl sites for hydroxylation is 3. The van der Waals surface area contributed by atoms with E-state index in [9.17, 15) is 9.59 Å². The first-order chi connectivity index (χ1) is 14.4. The molecule has 1 N–H and O–H groups in total. The maximum atomic E-state index is 12.9. The van der Waals surface area contributed by atoms with E-state index in [1.54, 1.807) is 25.2 Å². The van der Waals surface area contributed by atoms with Crippen LogP contribution in [0.15, 0.2) is 22.7 Å². The number of benzene rings is 1. The number of nitrogens with one attached hydrogen (secondary N) is 1. The fourth-order valence-corrected chi connectivity index (χ4v) is 5.53. The Hall–Kier alpha value is -2.74. The highest BCUT2D eigenvalue weighted by Gasteiger charge is 2.58. The maximum Gasteiger partial charge on any atom is 0.259 e. The summed E-state index contributed by atoms with van der Waals surface area (Å²) in [5.74, 6) is 0.636. The fraction of sp³-hybridized carbons (Fsp3) is 0.455. The van der Waals surface area contributed by atoms with Gasteiger partial charge in [-0.1, -0.05) is 5.16 Å². The lowest BCUT2D eigenvalue weighted by atomic mass is 9.90. The molecule has 156 valence electrons. The molecule has 3 aromatic rings. The Morgan fingerprint density at radius 2 is 2.00 bits per heavy atom. The number of thiazole rings is 1. The van der Waals surface area contributed by atoms with Gasteiger partial charge in [-0.3, -0.25) is 9.59 Å². The number of hydrogen-bond acceptors (Lipinski definition) is 6. The number of rotatable bonds is 3. The smallest absolute Gasteiger partial charge is 0.259 e. The van der Waals surface area contributed by atoms with Crippen molar-refractivity contribution in [2.45, 2.75) is 40.0 Å². The molecule has 0 bridgehead atoms. The van der Waals surface area contributed by atoms with Crippen molar-refractivity contribution in [2.75, 3.05) is 18.4 Å². The van der Waals surface area contributed by atoms with Crippen LogP contribution >= 0.6 is 11.3 Å². The zero-order chi connectivity index (χ0) is 21.0. The van der Waals surface area contributed by atoms with E-state index in [-0.39, 0.29) is 23.1 Å². The number of piperidine rings is 1. The van der Waals surface area contributed by atoms with Crippen molar-refractivity contribution in [3.8, 4) is 0 Å². The summed E-state index contributed by atoms with van der Waals surface area (Å²) in [5, 5.41) is 7.98. The molecule has 1 saturated carbocycles. The van der Waals surface area contributed by atoms with Gasteiger partial charge in [0, 0.05) is 24.7 Å². The number of likely N-dealkylation sites (tertiary alicyclic amines) is 1. The lowest BCUT2D eigenvalue weighted by Gasteiger charge is -2.32. The predicted molar refractivity (Wildman–Crippen MR) is 115 cm³/mol. The highest BCUT2D eigenvalue weighted by atomic mass is 32.1. The number of nitrogens with zero attached hydrogens (tertiary/aromatic N) is 3. The molecule has 3 heterocycles. The minimum Gasteiger partial charge on any atom is -0.361 e. The summed E-state index contributed by atoms with van der Waals surface area (Å²) in [5.41, 5.74) is 2.95. The minimum atomic E-state index is -0.0189. The molecule has 7 nitrogen and oxygen atoms in total. The van der Waals surface area contributed by atoms with Crippen LogP contribution in [-0.4, -0.2) is 39.9 Å². The Kier molecular flexibility index (Phi) is 4.43. The van der Waals surface area contributed by atoms with Crippen LogP contribution < -0.4 is 5.32 Å². The Balaban J connectivity index is 1.21. The summed E-state index contributed by atoms with van der Waals surface area (Å²) < 4.78 is 6.27. The van der Waals surface area contributed by atoms with Gasteiger partial charge in [0.25, 0.3) is 5.91 Å². The van der Waals surface area contributed by atoms with E-state index in [4.69, 9.17) is 4.52 Å². The summed E-state index contributed by atoms with van der Waals surface area (Å²) in [6.07, 6.45) is 2.60. The molecular weight excluding hydrogens is 400 g/mol. The van der Waals surface area contributed by atoms with Gasteiger partial charge < -0.3 is 14.7 Å². The van der Waals surface area contributed by atoms with E-state index in [2.05, 4.69) is 15.5 Å². The highest BCUT2D eigenvalue weighted by Crippen LogP contribution is 2.59. The number of carbonyl (C=O) groups is 2. The molecule has 5 rings (SSSR count). The normalized spacial score (nSPS) is 20.0.